The number of aliphatic carboxylic acids is 2. The van der Waals surface area contributed by atoms with Crippen molar-refractivity contribution in [3.8, 4) is 0 Å². The molecule has 1 aromatic heterocycles. The molecule has 9 heteroatoms. The van der Waals surface area contributed by atoms with Crippen LogP contribution >= 0.6 is 11.3 Å². The van der Waals surface area contributed by atoms with Crippen LogP contribution in [0.15, 0.2) is 11.6 Å². The Morgan fingerprint density at radius 1 is 1.38 bits per heavy atom. The van der Waals surface area contributed by atoms with E-state index in [0.717, 1.165) is 5.01 Å². The first-order valence-electron chi connectivity index (χ1n) is 6.28. The molecule has 4 N–H and O–H groups in total. The summed E-state index contributed by atoms with van der Waals surface area (Å²) >= 11 is 1.47. The van der Waals surface area contributed by atoms with E-state index in [1.54, 1.807) is 6.20 Å². The number of nitrogens with zero attached hydrogens (tertiary/aromatic N) is 1. The van der Waals surface area contributed by atoms with E-state index in [1.807, 2.05) is 12.3 Å². The maximum Gasteiger partial charge on any atom is 0.326 e. The molecular formula is C12H17N3O5S. The van der Waals surface area contributed by atoms with Crippen molar-refractivity contribution >= 4 is 29.3 Å². The lowest BCUT2D eigenvalue weighted by Gasteiger charge is -2.15. The van der Waals surface area contributed by atoms with Crippen molar-refractivity contribution in [2.75, 3.05) is 6.54 Å². The maximum atomic E-state index is 11.6. The Bertz CT molecular complexity index is 491. The van der Waals surface area contributed by atoms with E-state index in [4.69, 9.17) is 10.2 Å². The maximum absolute atomic E-state index is 11.6. The molecule has 0 saturated carbocycles. The second kappa shape index (κ2) is 8.20. The predicted molar refractivity (Wildman–Crippen MR) is 75.4 cm³/mol. The zero-order chi connectivity index (χ0) is 15.8. The number of carboxylic acid groups (broad SMARTS) is 2. The van der Waals surface area contributed by atoms with E-state index in [0.29, 0.717) is 6.54 Å². The van der Waals surface area contributed by atoms with Gasteiger partial charge in [-0.1, -0.05) is 6.92 Å². The van der Waals surface area contributed by atoms with Gasteiger partial charge in [-0.3, -0.25) is 4.79 Å². The van der Waals surface area contributed by atoms with Gasteiger partial charge < -0.3 is 20.8 Å². The van der Waals surface area contributed by atoms with Crippen LogP contribution in [0.5, 0.6) is 0 Å². The molecule has 2 amide bonds. The van der Waals surface area contributed by atoms with Crippen molar-refractivity contribution in [2.24, 2.45) is 0 Å². The number of amides is 2. The Kier molecular flexibility index (Phi) is 6.60. The van der Waals surface area contributed by atoms with Crippen molar-refractivity contribution < 1.29 is 24.6 Å². The van der Waals surface area contributed by atoms with Crippen LogP contribution in [0.4, 0.5) is 4.79 Å². The predicted octanol–water partition coefficient (Wildman–Crippen LogP) is 0.864. The van der Waals surface area contributed by atoms with Crippen LogP contribution in [0.1, 0.15) is 30.7 Å². The molecule has 21 heavy (non-hydrogen) atoms. The fourth-order valence-corrected chi connectivity index (χ4v) is 2.24. The highest BCUT2D eigenvalue weighted by Crippen LogP contribution is 2.16. The van der Waals surface area contributed by atoms with E-state index < -0.39 is 24.0 Å². The molecule has 0 radical (unpaired) electrons. The average Bonchev–Trinajstić information content (AvgIpc) is 2.94. The average molecular weight is 315 g/mol. The van der Waals surface area contributed by atoms with E-state index >= 15 is 0 Å². The van der Waals surface area contributed by atoms with E-state index in [2.05, 4.69) is 15.6 Å². The van der Waals surface area contributed by atoms with Crippen LogP contribution in [-0.4, -0.2) is 45.8 Å². The molecule has 0 aliphatic heterocycles. The smallest absolute Gasteiger partial charge is 0.326 e. The largest absolute Gasteiger partial charge is 0.481 e. The number of aromatic nitrogens is 1. The summed E-state index contributed by atoms with van der Waals surface area (Å²) in [6.45, 7) is 2.20. The summed E-state index contributed by atoms with van der Waals surface area (Å²) in [4.78, 5) is 37.1. The van der Waals surface area contributed by atoms with E-state index in [-0.39, 0.29) is 18.8 Å². The normalized spacial score (nSPS) is 13.2. The number of carboxylic acids is 2. The number of carbonyl (C=O) groups is 3. The summed E-state index contributed by atoms with van der Waals surface area (Å²) in [6, 6.07) is -1.87. The molecule has 1 rings (SSSR count). The van der Waals surface area contributed by atoms with Crippen LogP contribution in [0.25, 0.3) is 0 Å². The SMILES string of the molecule is CC(CNC(=O)N[C@@H](CCC(=O)O)C(=O)O)c1nccs1. The lowest BCUT2D eigenvalue weighted by molar-refractivity contribution is -0.140. The van der Waals surface area contributed by atoms with Crippen molar-refractivity contribution in [1.82, 2.24) is 15.6 Å². The number of rotatable bonds is 8. The van der Waals surface area contributed by atoms with Gasteiger partial charge in [0, 0.05) is 30.5 Å². The molecule has 0 spiro atoms. The molecule has 1 unspecified atom stereocenters. The van der Waals surface area contributed by atoms with Crippen LogP contribution in [0.3, 0.4) is 0 Å². The standard InChI is InChI=1S/C12H17N3O5S/c1-7(10-13-4-5-21-10)6-14-12(20)15-8(11(18)19)2-3-9(16)17/h4-5,7-8H,2-3,6H2,1H3,(H,16,17)(H,18,19)(H2,14,15,20)/t7?,8-/m0/s1. The highest BCUT2D eigenvalue weighted by Gasteiger charge is 2.21. The van der Waals surface area contributed by atoms with E-state index in [1.165, 1.54) is 11.3 Å². The number of hydrogen-bond acceptors (Lipinski definition) is 5. The number of thiazole rings is 1. The third-order valence-electron chi connectivity index (χ3n) is 2.69. The first kappa shape index (κ1) is 16.9. The van der Waals surface area contributed by atoms with Crippen molar-refractivity contribution in [3.05, 3.63) is 16.6 Å². The number of carbonyl (C=O) groups excluding carboxylic acids is 1. The molecule has 0 saturated heterocycles. The summed E-state index contributed by atoms with van der Waals surface area (Å²) in [5.41, 5.74) is 0. The third kappa shape index (κ3) is 6.21. The third-order valence-corrected chi connectivity index (χ3v) is 3.70. The van der Waals surface area contributed by atoms with Gasteiger partial charge in [0.15, 0.2) is 0 Å². The van der Waals surface area contributed by atoms with Gasteiger partial charge in [-0.15, -0.1) is 11.3 Å². The molecule has 1 aromatic rings. The molecule has 116 valence electrons. The summed E-state index contributed by atoms with van der Waals surface area (Å²) < 4.78 is 0. The molecule has 0 aromatic carbocycles. The lowest BCUT2D eigenvalue weighted by atomic mass is 10.1. The molecule has 0 bridgehead atoms. The zero-order valence-corrected chi connectivity index (χ0v) is 12.2. The van der Waals surface area contributed by atoms with Crippen LogP contribution in [0.2, 0.25) is 0 Å². The van der Waals surface area contributed by atoms with Gasteiger partial charge >= 0.3 is 18.0 Å². The van der Waals surface area contributed by atoms with Crippen LogP contribution in [0, 0.1) is 0 Å². The summed E-state index contributed by atoms with van der Waals surface area (Å²) in [5.74, 6) is -2.36. The first-order valence-corrected chi connectivity index (χ1v) is 7.16. The van der Waals surface area contributed by atoms with Crippen LogP contribution < -0.4 is 10.6 Å². The molecular weight excluding hydrogens is 298 g/mol. The Balaban J connectivity index is 2.39. The molecule has 0 aliphatic rings. The molecule has 2 atom stereocenters. The number of urea groups is 1. The van der Waals surface area contributed by atoms with Gasteiger partial charge in [0.2, 0.25) is 0 Å². The van der Waals surface area contributed by atoms with Gasteiger partial charge in [-0.25, -0.2) is 14.6 Å². The fraction of sp³-hybridized carbons (Fsp3) is 0.500. The Morgan fingerprint density at radius 3 is 2.62 bits per heavy atom. The van der Waals surface area contributed by atoms with Crippen molar-refractivity contribution in [3.63, 3.8) is 0 Å². The minimum Gasteiger partial charge on any atom is -0.481 e. The van der Waals surface area contributed by atoms with E-state index in [9.17, 15) is 14.4 Å². The topological polar surface area (TPSA) is 129 Å². The fourth-order valence-electron chi connectivity index (χ4n) is 1.55. The van der Waals surface area contributed by atoms with Gasteiger partial charge in [0.25, 0.3) is 0 Å². The molecule has 1 heterocycles. The summed E-state index contributed by atoms with van der Waals surface area (Å²) in [6.07, 6.45) is 1.18. The van der Waals surface area contributed by atoms with Gasteiger partial charge in [0.1, 0.15) is 6.04 Å². The van der Waals surface area contributed by atoms with Gasteiger partial charge in [0.05, 0.1) is 5.01 Å². The second-order valence-electron chi connectivity index (χ2n) is 4.45. The van der Waals surface area contributed by atoms with Gasteiger partial charge in [-0.05, 0) is 6.42 Å². The number of nitrogens with one attached hydrogen (secondary N) is 2. The second-order valence-corrected chi connectivity index (χ2v) is 5.38. The van der Waals surface area contributed by atoms with Crippen LogP contribution in [-0.2, 0) is 9.59 Å². The number of hydrogen-bond donors (Lipinski definition) is 4. The lowest BCUT2D eigenvalue weighted by Crippen LogP contribution is -2.46. The highest BCUT2D eigenvalue weighted by molar-refractivity contribution is 7.09. The minimum atomic E-state index is -1.26. The first-order chi connectivity index (χ1) is 9.90. The quantitative estimate of drug-likeness (QED) is 0.563. The van der Waals surface area contributed by atoms with Crippen molar-refractivity contribution in [2.45, 2.75) is 31.7 Å². The van der Waals surface area contributed by atoms with Crippen molar-refractivity contribution in [1.29, 1.82) is 0 Å². The monoisotopic (exact) mass is 315 g/mol. The zero-order valence-electron chi connectivity index (χ0n) is 11.4. The minimum absolute atomic E-state index is 0.0121. The summed E-state index contributed by atoms with van der Waals surface area (Å²) in [5, 5.41) is 24.9. The molecule has 0 fully saturated rings. The summed E-state index contributed by atoms with van der Waals surface area (Å²) in [7, 11) is 0. The Hall–Kier alpha value is -2.16. The Labute approximate surface area is 125 Å². The molecule has 8 nitrogen and oxygen atoms in total. The van der Waals surface area contributed by atoms with Gasteiger partial charge in [-0.2, -0.15) is 0 Å². The Morgan fingerprint density at radius 2 is 2.10 bits per heavy atom. The molecule has 0 aliphatic carbocycles. The highest BCUT2D eigenvalue weighted by atomic mass is 32.1.